The van der Waals surface area contributed by atoms with Crippen molar-refractivity contribution in [2.75, 3.05) is 27.3 Å². The van der Waals surface area contributed by atoms with Gasteiger partial charge in [0.05, 0.1) is 54.1 Å². The zero-order chi connectivity index (χ0) is 40.8. The van der Waals surface area contributed by atoms with Crippen LogP contribution in [0.1, 0.15) is 77.1 Å². The molecule has 2 aliphatic rings. The molecule has 15 heteroatoms. The fourth-order valence-corrected chi connectivity index (χ4v) is 8.57. The van der Waals surface area contributed by atoms with E-state index in [0.717, 1.165) is 86.4 Å². The molecule has 2 aliphatic heterocycles. The van der Waals surface area contributed by atoms with Crippen LogP contribution >= 0.6 is 0 Å². The third-order valence-corrected chi connectivity index (χ3v) is 11.6. The molecule has 0 unspecified atom stereocenters. The van der Waals surface area contributed by atoms with E-state index in [1.165, 1.54) is 14.2 Å². The normalized spacial score (nSPS) is 18.1. The molecule has 3 aromatic carbocycles. The van der Waals surface area contributed by atoms with E-state index in [4.69, 9.17) is 24.4 Å². The molecule has 2 saturated heterocycles. The van der Waals surface area contributed by atoms with Gasteiger partial charge < -0.3 is 39.9 Å². The predicted molar refractivity (Wildman–Crippen MR) is 220 cm³/mol. The number of rotatable bonds is 9. The van der Waals surface area contributed by atoms with Crippen molar-refractivity contribution in [3.8, 4) is 11.3 Å². The van der Waals surface area contributed by atoms with Crippen LogP contribution in [-0.4, -0.2) is 98.1 Å². The second-order valence-electron chi connectivity index (χ2n) is 16.0. The van der Waals surface area contributed by atoms with Gasteiger partial charge in [-0.3, -0.25) is 14.6 Å². The Bertz CT molecular complexity index is 2390. The molecular formula is C43H49N9O6. The third kappa shape index (κ3) is 7.02. The number of imidazole rings is 2. The molecule has 5 heterocycles. The van der Waals surface area contributed by atoms with E-state index in [2.05, 4.69) is 50.9 Å². The van der Waals surface area contributed by atoms with Gasteiger partial charge >= 0.3 is 12.2 Å². The van der Waals surface area contributed by atoms with E-state index in [1.54, 1.807) is 0 Å². The monoisotopic (exact) mass is 787 g/mol. The summed E-state index contributed by atoms with van der Waals surface area (Å²) < 4.78 is 9.57. The Kier molecular flexibility index (Phi) is 10.4. The number of hydrogen-bond acceptors (Lipinski definition) is 9. The lowest BCUT2D eigenvalue weighted by atomic mass is 10.0. The van der Waals surface area contributed by atoms with Crippen molar-refractivity contribution in [2.24, 2.45) is 11.8 Å². The Hall–Kier alpha value is -6.25. The summed E-state index contributed by atoms with van der Waals surface area (Å²) in [4.78, 5) is 77.0. The van der Waals surface area contributed by atoms with Gasteiger partial charge in [-0.15, -0.1) is 0 Å². The van der Waals surface area contributed by atoms with Gasteiger partial charge in [0.1, 0.15) is 23.7 Å². The van der Waals surface area contributed by atoms with Gasteiger partial charge in [-0.25, -0.2) is 19.6 Å². The average Bonchev–Trinajstić information content (AvgIpc) is 4.06. The minimum atomic E-state index is -0.707. The Morgan fingerprint density at radius 1 is 0.690 bits per heavy atom. The number of ether oxygens (including phenoxy) is 2. The number of methoxy groups -OCH3 is 2. The highest BCUT2D eigenvalue weighted by atomic mass is 16.5. The summed E-state index contributed by atoms with van der Waals surface area (Å²) >= 11 is 0. The first kappa shape index (κ1) is 38.6. The Labute approximate surface area is 335 Å². The van der Waals surface area contributed by atoms with E-state index in [1.807, 2.05) is 61.9 Å². The molecule has 302 valence electrons. The number of nitrogens with zero attached hydrogens (tertiary/aromatic N) is 5. The van der Waals surface area contributed by atoms with Gasteiger partial charge in [0, 0.05) is 35.6 Å². The number of aromatic nitrogens is 5. The Balaban J connectivity index is 1.05. The third-order valence-electron chi connectivity index (χ3n) is 11.6. The van der Waals surface area contributed by atoms with Gasteiger partial charge in [-0.05, 0) is 72.6 Å². The van der Waals surface area contributed by atoms with E-state index >= 15 is 0 Å². The second-order valence-corrected chi connectivity index (χ2v) is 16.0. The van der Waals surface area contributed by atoms with Crippen LogP contribution in [0.25, 0.3) is 54.9 Å². The molecule has 4 N–H and O–H groups in total. The summed E-state index contributed by atoms with van der Waals surface area (Å²) in [5, 5.41) is 9.38. The maximum absolute atomic E-state index is 13.7. The van der Waals surface area contributed by atoms with Crippen molar-refractivity contribution in [1.29, 1.82) is 0 Å². The highest BCUT2D eigenvalue weighted by molar-refractivity contribution is 6.07. The van der Waals surface area contributed by atoms with Crippen molar-refractivity contribution < 1.29 is 28.7 Å². The Morgan fingerprint density at radius 2 is 1.19 bits per heavy atom. The van der Waals surface area contributed by atoms with Crippen LogP contribution in [0, 0.1) is 11.8 Å². The number of likely N-dealkylation sites (tertiary alicyclic amines) is 2. The van der Waals surface area contributed by atoms with Crippen molar-refractivity contribution in [3.63, 3.8) is 0 Å². The molecule has 2 fully saturated rings. The highest BCUT2D eigenvalue weighted by Gasteiger charge is 2.39. The summed E-state index contributed by atoms with van der Waals surface area (Å²) in [6.45, 7) is 8.77. The molecule has 4 atom stereocenters. The second kappa shape index (κ2) is 15.6. The van der Waals surface area contributed by atoms with Crippen LogP contribution in [0.4, 0.5) is 9.59 Å². The molecule has 58 heavy (non-hydrogen) atoms. The van der Waals surface area contributed by atoms with Gasteiger partial charge in [0.25, 0.3) is 0 Å². The van der Waals surface area contributed by atoms with Gasteiger partial charge in [-0.2, -0.15) is 0 Å². The maximum atomic E-state index is 13.7. The topological polar surface area (TPSA) is 188 Å². The quantitative estimate of drug-likeness (QED) is 0.121. The van der Waals surface area contributed by atoms with Gasteiger partial charge in [0.2, 0.25) is 11.8 Å². The Morgan fingerprint density at radius 3 is 1.69 bits per heavy atom. The number of aromatic amines is 2. The first-order valence-electron chi connectivity index (χ1n) is 20.0. The van der Waals surface area contributed by atoms with Crippen molar-refractivity contribution >= 4 is 67.6 Å². The minimum Gasteiger partial charge on any atom is -0.453 e. The van der Waals surface area contributed by atoms with Crippen LogP contribution < -0.4 is 10.6 Å². The van der Waals surface area contributed by atoms with Gasteiger partial charge in [0.15, 0.2) is 0 Å². The maximum Gasteiger partial charge on any atom is 0.407 e. The zero-order valence-electron chi connectivity index (χ0n) is 33.6. The molecule has 0 radical (unpaired) electrons. The number of benzene rings is 3. The molecule has 6 aromatic rings. The fraction of sp³-hybridized carbons (Fsp3) is 0.419. The summed E-state index contributed by atoms with van der Waals surface area (Å²) in [5.74, 6) is 0.903. The molecular weight excluding hydrogens is 739 g/mol. The molecule has 0 bridgehead atoms. The average molecular weight is 788 g/mol. The van der Waals surface area contributed by atoms with Crippen LogP contribution in [0.3, 0.4) is 0 Å². The van der Waals surface area contributed by atoms with E-state index in [-0.39, 0.29) is 35.7 Å². The summed E-state index contributed by atoms with van der Waals surface area (Å²) in [7, 11) is 2.58. The molecule has 3 aromatic heterocycles. The SMILES string of the molecule is COC(=O)N[C@H](C(=O)N1CCC[C@H]1c1nc2ccc3cc(-c4cc5ccc6nc([C@@H]7CCCN7C(=O)[C@@H](NC(=O)OC)C(C)C)[nH]c6c5cn4)ccc3c2[nH]1)C(C)C. The van der Waals surface area contributed by atoms with Crippen LogP contribution in [-0.2, 0) is 19.1 Å². The summed E-state index contributed by atoms with van der Waals surface area (Å²) in [6, 6.07) is 14.5. The number of amides is 4. The minimum absolute atomic E-state index is 0.118. The molecule has 15 nitrogen and oxygen atoms in total. The number of fused-ring (bicyclic) bond motifs is 6. The van der Waals surface area contributed by atoms with E-state index in [9.17, 15) is 19.2 Å². The molecule has 8 rings (SSSR count). The van der Waals surface area contributed by atoms with Gasteiger partial charge in [-0.1, -0.05) is 52.0 Å². The number of H-pyrrole nitrogens is 2. The van der Waals surface area contributed by atoms with E-state index < -0.39 is 24.3 Å². The van der Waals surface area contributed by atoms with Crippen molar-refractivity contribution in [2.45, 2.75) is 77.5 Å². The van der Waals surface area contributed by atoms with E-state index in [0.29, 0.717) is 18.9 Å². The number of nitrogens with one attached hydrogen (secondary N) is 4. The first-order valence-corrected chi connectivity index (χ1v) is 20.0. The van der Waals surface area contributed by atoms with Crippen LogP contribution in [0.5, 0.6) is 0 Å². The lowest BCUT2D eigenvalue weighted by Crippen LogP contribution is -2.51. The number of hydrogen-bond donors (Lipinski definition) is 4. The van der Waals surface area contributed by atoms with Crippen LogP contribution in [0.15, 0.2) is 54.7 Å². The molecule has 0 aliphatic carbocycles. The smallest absolute Gasteiger partial charge is 0.407 e. The number of pyridine rings is 1. The largest absolute Gasteiger partial charge is 0.453 e. The molecule has 0 spiro atoms. The van der Waals surface area contributed by atoms with Crippen molar-refractivity contribution in [3.05, 3.63) is 66.4 Å². The number of alkyl carbamates (subject to hydrolysis) is 2. The standard InChI is InChI=1S/C43H49N9O6/c1-22(2)34(49-42(55)57-5)40(53)51-17-7-9-32(51)38-45-29-15-12-24-19-26(11-14-27(24)36(29)47-38)31-20-25-13-16-30-37(28(25)21-44-31)48-39(46-30)33-10-8-18-52(33)41(54)35(23(3)4)50-43(56)58-6/h11-16,19-23,32-35H,7-10,17-18H2,1-6H3,(H,45,47)(H,46,48)(H,49,55)(H,50,56)/t32-,33-,34-,35-/m0/s1. The highest BCUT2D eigenvalue weighted by Crippen LogP contribution is 2.37. The number of carbonyl (C=O) groups is 4. The molecule has 4 amide bonds. The zero-order valence-corrected chi connectivity index (χ0v) is 33.6. The molecule has 0 saturated carbocycles. The predicted octanol–water partition coefficient (Wildman–Crippen LogP) is 6.90. The lowest BCUT2D eigenvalue weighted by Gasteiger charge is -2.29. The summed E-state index contributed by atoms with van der Waals surface area (Å²) in [6.07, 6.45) is 3.81. The fourth-order valence-electron chi connectivity index (χ4n) is 8.57. The lowest BCUT2D eigenvalue weighted by molar-refractivity contribution is -0.136. The van der Waals surface area contributed by atoms with Crippen molar-refractivity contribution in [1.82, 2.24) is 45.4 Å². The first-order chi connectivity index (χ1) is 27.9. The van der Waals surface area contributed by atoms with Crippen LogP contribution in [0.2, 0.25) is 0 Å². The summed E-state index contributed by atoms with van der Waals surface area (Å²) in [5.41, 5.74) is 5.15. The number of carbonyl (C=O) groups excluding carboxylic acids is 4.